The number of likely N-dealkylation sites (tertiary alicyclic amines) is 1. The summed E-state index contributed by atoms with van der Waals surface area (Å²) in [5, 5.41) is 10.6. The van der Waals surface area contributed by atoms with Gasteiger partial charge in [0, 0.05) is 25.1 Å². The van der Waals surface area contributed by atoms with Gasteiger partial charge in [-0.25, -0.2) is 4.79 Å². The fraction of sp³-hybridized carbons (Fsp3) is 0.615. The first-order valence-corrected chi connectivity index (χ1v) is 6.61. The Bertz CT molecular complexity index is 477. The molecule has 1 N–H and O–H groups in total. The number of amides is 2. The summed E-state index contributed by atoms with van der Waals surface area (Å²) in [5.41, 5.74) is 1.66. The predicted octanol–water partition coefficient (Wildman–Crippen LogP) is 1.43. The molecule has 0 radical (unpaired) electrons. The third-order valence-corrected chi connectivity index (χ3v) is 3.89. The minimum atomic E-state index is -0.0627. The molecule has 0 saturated carbocycles. The lowest BCUT2D eigenvalue weighted by Crippen LogP contribution is -2.62. The monoisotopic (exact) mass is 262 g/mol. The largest absolute Gasteiger partial charge is 0.381 e. The smallest absolute Gasteiger partial charge is 0.321 e. The van der Waals surface area contributed by atoms with E-state index in [0.29, 0.717) is 0 Å². The van der Waals surface area contributed by atoms with Crippen LogP contribution in [-0.4, -0.2) is 47.4 Å². The molecule has 0 aliphatic carbocycles. The summed E-state index contributed by atoms with van der Waals surface area (Å²) in [5.74, 6) is 0. The maximum Gasteiger partial charge on any atom is 0.321 e. The lowest BCUT2D eigenvalue weighted by atomic mass is 9.76. The Morgan fingerprint density at radius 2 is 2.37 bits per heavy atom. The normalized spacial score (nSPS) is 21.0. The third-order valence-electron chi connectivity index (χ3n) is 3.89. The number of rotatable bonds is 1. The van der Waals surface area contributed by atoms with E-state index in [0.717, 1.165) is 50.5 Å². The maximum absolute atomic E-state index is 12.1. The van der Waals surface area contributed by atoms with E-state index in [1.54, 1.807) is 12.3 Å². The zero-order valence-corrected chi connectivity index (χ0v) is 11.1. The molecule has 3 rings (SSSR count). The van der Waals surface area contributed by atoms with Crippen molar-refractivity contribution in [2.45, 2.75) is 19.8 Å². The Hall–Kier alpha value is -1.69. The Morgan fingerprint density at radius 3 is 3.05 bits per heavy atom. The molecular formula is C13H18N4O2. The van der Waals surface area contributed by atoms with Crippen molar-refractivity contribution < 1.29 is 9.53 Å². The predicted molar refractivity (Wildman–Crippen MR) is 69.8 cm³/mol. The lowest BCUT2D eigenvalue weighted by Gasteiger charge is -2.51. The number of ether oxygens (including phenoxy) is 1. The van der Waals surface area contributed by atoms with E-state index in [4.69, 9.17) is 4.74 Å². The molecule has 1 aromatic heterocycles. The van der Waals surface area contributed by atoms with Gasteiger partial charge in [-0.05, 0) is 25.8 Å². The van der Waals surface area contributed by atoms with Crippen molar-refractivity contribution in [1.82, 2.24) is 15.1 Å². The second-order valence-corrected chi connectivity index (χ2v) is 5.47. The van der Waals surface area contributed by atoms with E-state index in [1.807, 2.05) is 11.8 Å². The van der Waals surface area contributed by atoms with Crippen LogP contribution >= 0.6 is 0 Å². The van der Waals surface area contributed by atoms with Crippen molar-refractivity contribution >= 4 is 11.7 Å². The zero-order valence-electron chi connectivity index (χ0n) is 11.1. The highest BCUT2D eigenvalue weighted by Gasteiger charge is 2.46. The minimum absolute atomic E-state index is 0.0627. The van der Waals surface area contributed by atoms with Crippen molar-refractivity contribution in [3.05, 3.63) is 18.0 Å². The van der Waals surface area contributed by atoms with Gasteiger partial charge in [0.05, 0.1) is 24.2 Å². The number of nitrogens with one attached hydrogen (secondary N) is 1. The molecule has 1 spiro atoms. The zero-order chi connectivity index (χ0) is 13.3. The van der Waals surface area contributed by atoms with Gasteiger partial charge in [0.2, 0.25) is 0 Å². The topological polar surface area (TPSA) is 67.4 Å². The van der Waals surface area contributed by atoms with Gasteiger partial charge in [-0.1, -0.05) is 0 Å². The highest BCUT2D eigenvalue weighted by atomic mass is 16.5. The molecule has 0 unspecified atom stereocenters. The van der Waals surface area contributed by atoms with Gasteiger partial charge in [0.25, 0.3) is 0 Å². The van der Waals surface area contributed by atoms with Crippen LogP contribution in [0.15, 0.2) is 12.3 Å². The number of carbonyl (C=O) groups is 1. The summed E-state index contributed by atoms with van der Waals surface area (Å²) >= 11 is 0. The molecule has 2 fully saturated rings. The SMILES string of the molecule is Cc1nnccc1NC(=O)N1CC2(CCCOC2)C1. The van der Waals surface area contributed by atoms with Crippen LogP contribution in [0, 0.1) is 12.3 Å². The number of aryl methyl sites for hydroxylation is 1. The Morgan fingerprint density at radius 1 is 1.53 bits per heavy atom. The quantitative estimate of drug-likeness (QED) is 0.831. The number of hydrogen-bond donors (Lipinski definition) is 1. The minimum Gasteiger partial charge on any atom is -0.381 e. The molecule has 0 atom stereocenters. The Balaban J connectivity index is 1.57. The van der Waals surface area contributed by atoms with Crippen molar-refractivity contribution in [3.63, 3.8) is 0 Å². The highest BCUT2D eigenvalue weighted by molar-refractivity contribution is 5.90. The maximum atomic E-state index is 12.1. The molecule has 2 amide bonds. The third kappa shape index (κ3) is 2.40. The molecule has 3 heterocycles. The number of carbonyl (C=O) groups excluding carboxylic acids is 1. The molecule has 2 aliphatic rings. The molecule has 102 valence electrons. The van der Waals surface area contributed by atoms with E-state index in [2.05, 4.69) is 15.5 Å². The van der Waals surface area contributed by atoms with Gasteiger partial charge < -0.3 is 15.0 Å². The second-order valence-electron chi connectivity index (χ2n) is 5.47. The number of anilines is 1. The summed E-state index contributed by atoms with van der Waals surface area (Å²) in [6.45, 7) is 5.05. The molecular weight excluding hydrogens is 244 g/mol. The summed E-state index contributed by atoms with van der Waals surface area (Å²) in [7, 11) is 0. The van der Waals surface area contributed by atoms with Crippen molar-refractivity contribution in [1.29, 1.82) is 0 Å². The van der Waals surface area contributed by atoms with Crippen molar-refractivity contribution in [2.24, 2.45) is 5.41 Å². The van der Waals surface area contributed by atoms with Gasteiger partial charge in [-0.3, -0.25) is 0 Å². The second kappa shape index (κ2) is 4.77. The van der Waals surface area contributed by atoms with Crippen LogP contribution in [0.25, 0.3) is 0 Å². The first-order chi connectivity index (χ1) is 9.19. The van der Waals surface area contributed by atoms with Gasteiger partial charge in [0.15, 0.2) is 0 Å². The van der Waals surface area contributed by atoms with Gasteiger partial charge >= 0.3 is 6.03 Å². The van der Waals surface area contributed by atoms with Gasteiger partial charge in [-0.2, -0.15) is 10.2 Å². The van der Waals surface area contributed by atoms with E-state index in [-0.39, 0.29) is 11.4 Å². The number of nitrogens with zero attached hydrogens (tertiary/aromatic N) is 3. The van der Waals surface area contributed by atoms with Crippen molar-refractivity contribution in [3.8, 4) is 0 Å². The lowest BCUT2D eigenvalue weighted by molar-refractivity contribution is -0.0809. The van der Waals surface area contributed by atoms with Crippen LogP contribution in [0.3, 0.4) is 0 Å². The van der Waals surface area contributed by atoms with Crippen LogP contribution in [0.5, 0.6) is 0 Å². The van der Waals surface area contributed by atoms with E-state index >= 15 is 0 Å². The molecule has 2 aliphatic heterocycles. The number of urea groups is 1. The van der Waals surface area contributed by atoms with Gasteiger partial charge in [0.1, 0.15) is 0 Å². The summed E-state index contributed by atoms with van der Waals surface area (Å²) in [4.78, 5) is 13.9. The summed E-state index contributed by atoms with van der Waals surface area (Å²) < 4.78 is 5.52. The number of hydrogen-bond acceptors (Lipinski definition) is 4. The van der Waals surface area contributed by atoms with E-state index < -0.39 is 0 Å². The first-order valence-electron chi connectivity index (χ1n) is 6.61. The molecule has 2 saturated heterocycles. The van der Waals surface area contributed by atoms with Crippen LogP contribution in [0.1, 0.15) is 18.5 Å². The molecule has 0 aromatic carbocycles. The molecule has 6 nitrogen and oxygen atoms in total. The summed E-state index contributed by atoms with van der Waals surface area (Å²) in [6.07, 6.45) is 3.84. The standard InChI is InChI=1S/C13H18N4O2/c1-10-11(3-5-14-16-10)15-12(18)17-7-13(8-17)4-2-6-19-9-13/h3,5H,2,4,6-9H2,1H3,(H,14,15,18). The number of aromatic nitrogens is 2. The van der Waals surface area contributed by atoms with E-state index in [1.165, 1.54) is 0 Å². The van der Waals surface area contributed by atoms with Crippen LogP contribution < -0.4 is 5.32 Å². The van der Waals surface area contributed by atoms with Gasteiger partial charge in [-0.15, -0.1) is 0 Å². The fourth-order valence-electron chi connectivity index (χ4n) is 2.80. The Labute approximate surface area is 112 Å². The van der Waals surface area contributed by atoms with Crippen LogP contribution in [0.2, 0.25) is 0 Å². The fourth-order valence-corrected chi connectivity index (χ4v) is 2.80. The Kier molecular flexibility index (Phi) is 3.10. The highest BCUT2D eigenvalue weighted by Crippen LogP contribution is 2.38. The average molecular weight is 262 g/mol. The molecule has 6 heteroatoms. The first kappa shape index (κ1) is 12.3. The molecule has 1 aromatic rings. The molecule has 19 heavy (non-hydrogen) atoms. The van der Waals surface area contributed by atoms with Crippen LogP contribution in [0.4, 0.5) is 10.5 Å². The van der Waals surface area contributed by atoms with E-state index in [9.17, 15) is 4.79 Å². The van der Waals surface area contributed by atoms with Crippen molar-refractivity contribution in [2.75, 3.05) is 31.6 Å². The molecule has 0 bridgehead atoms. The summed E-state index contributed by atoms with van der Waals surface area (Å²) in [6, 6.07) is 1.70. The average Bonchev–Trinajstić information content (AvgIpc) is 2.39. The van der Waals surface area contributed by atoms with Crippen LogP contribution in [-0.2, 0) is 4.74 Å².